The maximum Gasteiger partial charge on any atom is 0.140 e. The quantitative estimate of drug-likeness (QED) is 0.929. The lowest BCUT2D eigenvalue weighted by Gasteiger charge is -2.34. The Morgan fingerprint density at radius 1 is 1.38 bits per heavy atom. The molecule has 1 aliphatic rings. The van der Waals surface area contributed by atoms with Crippen molar-refractivity contribution in [1.82, 2.24) is 14.8 Å². The van der Waals surface area contributed by atoms with E-state index in [4.69, 9.17) is 5.26 Å². The average Bonchev–Trinajstić information content (AvgIpc) is 2.95. The highest BCUT2D eigenvalue weighted by atomic mass is 15.3. The van der Waals surface area contributed by atoms with Crippen LogP contribution < -0.4 is 10.2 Å². The summed E-state index contributed by atoms with van der Waals surface area (Å²) < 4.78 is 1.83. The maximum absolute atomic E-state index is 8.77. The average molecular weight is 282 g/mol. The number of nitrogens with zero attached hydrogens (tertiary/aromatic N) is 5. The van der Waals surface area contributed by atoms with E-state index in [1.807, 2.05) is 36.3 Å². The summed E-state index contributed by atoms with van der Waals surface area (Å²) >= 11 is 0. The third kappa shape index (κ3) is 3.14. The van der Waals surface area contributed by atoms with E-state index in [1.165, 1.54) is 5.69 Å². The molecule has 1 saturated heterocycles. The molecular weight excluding hydrogens is 264 g/mol. The smallest absolute Gasteiger partial charge is 0.140 e. The molecule has 6 heteroatoms. The first-order valence-electron chi connectivity index (χ1n) is 7.11. The summed E-state index contributed by atoms with van der Waals surface area (Å²) in [5.74, 6) is 0. The Hall–Kier alpha value is -2.55. The molecule has 3 rings (SSSR count). The first kappa shape index (κ1) is 13.4. The van der Waals surface area contributed by atoms with Gasteiger partial charge in [-0.05, 0) is 25.0 Å². The molecule has 2 aromatic rings. The monoisotopic (exact) mass is 282 g/mol. The minimum absolute atomic E-state index is 0.383. The fourth-order valence-electron chi connectivity index (χ4n) is 2.68. The van der Waals surface area contributed by atoms with Gasteiger partial charge < -0.3 is 10.2 Å². The number of aromatic nitrogens is 3. The van der Waals surface area contributed by atoms with Crippen LogP contribution in [0.2, 0.25) is 0 Å². The Bertz CT molecular complexity index is 639. The highest BCUT2D eigenvalue weighted by molar-refractivity contribution is 5.47. The minimum Gasteiger partial charge on any atom is -0.379 e. The third-order valence-corrected chi connectivity index (χ3v) is 3.73. The number of aryl methyl sites for hydroxylation is 1. The predicted octanol–water partition coefficient (Wildman–Crippen LogP) is 1.77. The van der Waals surface area contributed by atoms with Gasteiger partial charge in [-0.1, -0.05) is 0 Å². The zero-order valence-electron chi connectivity index (χ0n) is 12.0. The summed E-state index contributed by atoms with van der Waals surface area (Å²) in [7, 11) is 1.94. The Kier molecular flexibility index (Phi) is 3.73. The van der Waals surface area contributed by atoms with Gasteiger partial charge in [0.15, 0.2) is 0 Å². The molecule has 0 amide bonds. The topological polar surface area (TPSA) is 69.8 Å². The molecule has 0 radical (unpaired) electrons. The lowest BCUT2D eigenvalue weighted by atomic mass is 10.1. The molecule has 0 aliphatic carbocycles. The van der Waals surface area contributed by atoms with Crippen LogP contribution >= 0.6 is 0 Å². The van der Waals surface area contributed by atoms with Gasteiger partial charge in [-0.15, -0.1) is 0 Å². The van der Waals surface area contributed by atoms with Crippen LogP contribution in [0.4, 0.5) is 11.4 Å². The SMILES string of the molecule is Cn1cc(N2CCCC(Nc3ccc(C#N)nc3)C2)cn1. The fraction of sp³-hybridized carbons (Fsp3) is 0.400. The van der Waals surface area contributed by atoms with Crippen LogP contribution in [0.25, 0.3) is 0 Å². The second kappa shape index (κ2) is 5.83. The molecule has 0 aromatic carbocycles. The summed E-state index contributed by atoms with van der Waals surface area (Å²) in [6.07, 6.45) is 7.96. The van der Waals surface area contributed by atoms with Crippen molar-refractivity contribution in [3.8, 4) is 6.07 Å². The number of nitriles is 1. The summed E-state index contributed by atoms with van der Waals surface area (Å²) in [6.45, 7) is 2.02. The van der Waals surface area contributed by atoms with Crippen LogP contribution in [-0.2, 0) is 7.05 Å². The van der Waals surface area contributed by atoms with Gasteiger partial charge in [0.2, 0.25) is 0 Å². The van der Waals surface area contributed by atoms with Crippen LogP contribution in [0.1, 0.15) is 18.5 Å². The summed E-state index contributed by atoms with van der Waals surface area (Å²) in [6, 6.07) is 6.07. The van der Waals surface area contributed by atoms with Gasteiger partial charge in [-0.3, -0.25) is 4.68 Å². The van der Waals surface area contributed by atoms with Crippen LogP contribution in [0, 0.1) is 11.3 Å². The van der Waals surface area contributed by atoms with Gasteiger partial charge in [0.25, 0.3) is 0 Å². The zero-order valence-corrected chi connectivity index (χ0v) is 12.0. The van der Waals surface area contributed by atoms with Crippen molar-refractivity contribution in [1.29, 1.82) is 5.26 Å². The number of hydrogen-bond acceptors (Lipinski definition) is 5. The van der Waals surface area contributed by atoms with Crippen molar-refractivity contribution in [3.63, 3.8) is 0 Å². The lowest BCUT2D eigenvalue weighted by molar-refractivity contribution is 0.530. The Morgan fingerprint density at radius 3 is 2.95 bits per heavy atom. The number of anilines is 2. The van der Waals surface area contributed by atoms with Crippen molar-refractivity contribution < 1.29 is 0 Å². The molecule has 3 heterocycles. The molecular formula is C15H18N6. The van der Waals surface area contributed by atoms with Crippen molar-refractivity contribution in [2.24, 2.45) is 7.05 Å². The molecule has 2 aromatic heterocycles. The number of hydrogen-bond donors (Lipinski definition) is 1. The Morgan fingerprint density at radius 2 is 2.29 bits per heavy atom. The van der Waals surface area contributed by atoms with E-state index in [1.54, 1.807) is 12.3 Å². The number of pyridine rings is 1. The van der Waals surface area contributed by atoms with Crippen molar-refractivity contribution >= 4 is 11.4 Å². The Balaban J connectivity index is 1.64. The number of nitrogens with one attached hydrogen (secondary N) is 1. The summed E-state index contributed by atoms with van der Waals surface area (Å²) in [5.41, 5.74) is 2.58. The zero-order chi connectivity index (χ0) is 14.7. The van der Waals surface area contributed by atoms with Gasteiger partial charge in [0.1, 0.15) is 11.8 Å². The minimum atomic E-state index is 0.383. The van der Waals surface area contributed by atoms with Crippen LogP contribution in [0.3, 0.4) is 0 Å². The summed E-state index contributed by atoms with van der Waals surface area (Å²) in [5, 5.41) is 16.5. The highest BCUT2D eigenvalue weighted by Gasteiger charge is 2.20. The summed E-state index contributed by atoms with van der Waals surface area (Å²) in [4.78, 5) is 6.45. The normalized spacial score (nSPS) is 18.3. The van der Waals surface area contributed by atoms with Crippen LogP contribution in [0.15, 0.2) is 30.7 Å². The molecule has 1 N–H and O–H groups in total. The molecule has 108 valence electrons. The second-order valence-electron chi connectivity index (χ2n) is 5.35. The molecule has 21 heavy (non-hydrogen) atoms. The van der Waals surface area contributed by atoms with Gasteiger partial charge in [0.05, 0.1) is 23.8 Å². The first-order valence-corrected chi connectivity index (χ1v) is 7.11. The van der Waals surface area contributed by atoms with Gasteiger partial charge >= 0.3 is 0 Å². The predicted molar refractivity (Wildman–Crippen MR) is 81.0 cm³/mol. The van der Waals surface area contributed by atoms with Crippen LogP contribution in [-0.4, -0.2) is 33.9 Å². The van der Waals surface area contributed by atoms with Gasteiger partial charge in [-0.25, -0.2) is 4.98 Å². The van der Waals surface area contributed by atoms with Gasteiger partial charge in [0, 0.05) is 32.4 Å². The maximum atomic E-state index is 8.77. The van der Waals surface area contributed by atoms with E-state index < -0.39 is 0 Å². The fourth-order valence-corrected chi connectivity index (χ4v) is 2.68. The lowest BCUT2D eigenvalue weighted by Crippen LogP contribution is -2.42. The molecule has 6 nitrogen and oxygen atoms in total. The third-order valence-electron chi connectivity index (χ3n) is 3.73. The number of rotatable bonds is 3. The van der Waals surface area contributed by atoms with E-state index in [2.05, 4.69) is 20.3 Å². The van der Waals surface area contributed by atoms with E-state index in [9.17, 15) is 0 Å². The molecule has 1 unspecified atom stereocenters. The van der Waals surface area contributed by atoms with Crippen LogP contribution in [0.5, 0.6) is 0 Å². The van der Waals surface area contributed by atoms with Crippen molar-refractivity contribution in [2.75, 3.05) is 23.3 Å². The largest absolute Gasteiger partial charge is 0.379 e. The molecule has 0 spiro atoms. The molecule has 1 fully saturated rings. The van der Waals surface area contributed by atoms with Crippen molar-refractivity contribution in [2.45, 2.75) is 18.9 Å². The van der Waals surface area contributed by atoms with E-state index in [0.29, 0.717) is 11.7 Å². The van der Waals surface area contributed by atoms with E-state index in [-0.39, 0.29) is 0 Å². The second-order valence-corrected chi connectivity index (χ2v) is 5.35. The highest BCUT2D eigenvalue weighted by Crippen LogP contribution is 2.21. The Labute approximate surface area is 124 Å². The van der Waals surface area contributed by atoms with E-state index >= 15 is 0 Å². The molecule has 0 bridgehead atoms. The van der Waals surface area contributed by atoms with Crippen molar-refractivity contribution in [3.05, 3.63) is 36.4 Å². The van der Waals surface area contributed by atoms with E-state index in [0.717, 1.165) is 31.6 Å². The molecule has 1 aliphatic heterocycles. The van der Waals surface area contributed by atoms with Gasteiger partial charge in [-0.2, -0.15) is 10.4 Å². The molecule has 1 atom stereocenters. The first-order chi connectivity index (χ1) is 10.2. The molecule has 0 saturated carbocycles. The standard InChI is InChI=1S/C15H18N6/c1-20-11-15(9-18-20)21-6-2-3-14(10-21)19-13-5-4-12(7-16)17-8-13/h4-5,8-9,11,14,19H,2-3,6,10H2,1H3. The number of piperidine rings is 1.